The van der Waals surface area contributed by atoms with Gasteiger partial charge in [-0.3, -0.25) is 4.57 Å². The Bertz CT molecular complexity index is 2830. The van der Waals surface area contributed by atoms with Gasteiger partial charge in [0.05, 0.1) is 21.9 Å². The van der Waals surface area contributed by atoms with E-state index in [9.17, 15) is 0 Å². The molecule has 0 saturated heterocycles. The zero-order valence-corrected chi connectivity index (χ0v) is 27.7. The second-order valence-electron chi connectivity index (χ2n) is 14.2. The summed E-state index contributed by atoms with van der Waals surface area (Å²) in [6, 6.07) is 65.9. The monoisotopic (exact) mass is 646 g/mol. The van der Waals surface area contributed by atoms with Crippen LogP contribution in [0.25, 0.3) is 49.9 Å². The molecule has 12 rings (SSSR count). The fraction of sp³-hybridized carbons (Fsp3) is 0.0408. The van der Waals surface area contributed by atoms with Crippen LogP contribution in [-0.4, -0.2) is 9.55 Å². The fourth-order valence-electron chi connectivity index (χ4n) is 10.4. The van der Waals surface area contributed by atoms with Crippen molar-refractivity contribution in [2.75, 3.05) is 0 Å². The molecule has 0 fully saturated rings. The second kappa shape index (κ2) is 9.59. The zero-order chi connectivity index (χ0) is 33.3. The molecule has 0 amide bonds. The van der Waals surface area contributed by atoms with Crippen molar-refractivity contribution in [3.05, 3.63) is 227 Å². The van der Waals surface area contributed by atoms with Gasteiger partial charge in [0.25, 0.3) is 0 Å². The maximum absolute atomic E-state index is 4.88. The molecular weight excluding hydrogens is 617 g/mol. The van der Waals surface area contributed by atoms with Crippen LogP contribution in [0.5, 0.6) is 0 Å². The molecule has 2 heteroatoms. The number of fused-ring (bicyclic) bond motifs is 19. The first kappa shape index (κ1) is 27.3. The van der Waals surface area contributed by atoms with Crippen LogP contribution < -0.4 is 0 Å². The SMILES string of the molecule is c1ccc(-n2c3ccccc3c3cc4c(cc32)C2(c3ccccc3-4)c3ccccc3C3(c4ccccc4-c4ccccc43)c3ccccc32)nc1. The Morgan fingerprint density at radius 3 is 1.33 bits per heavy atom. The molecule has 2 nitrogen and oxygen atoms in total. The van der Waals surface area contributed by atoms with Crippen molar-refractivity contribution in [1.82, 2.24) is 9.55 Å². The van der Waals surface area contributed by atoms with Crippen LogP contribution >= 0.6 is 0 Å². The molecule has 0 N–H and O–H groups in total. The molecule has 0 saturated carbocycles. The van der Waals surface area contributed by atoms with E-state index in [0.29, 0.717) is 0 Å². The molecule has 9 aromatic rings. The van der Waals surface area contributed by atoms with Crippen molar-refractivity contribution in [2.24, 2.45) is 0 Å². The number of hydrogen-bond donors (Lipinski definition) is 0. The van der Waals surface area contributed by atoms with E-state index in [1.807, 2.05) is 12.3 Å². The summed E-state index contributed by atoms with van der Waals surface area (Å²) < 4.78 is 2.35. The normalized spacial score (nSPS) is 15.0. The van der Waals surface area contributed by atoms with E-state index < -0.39 is 10.8 Å². The van der Waals surface area contributed by atoms with Crippen molar-refractivity contribution in [3.63, 3.8) is 0 Å². The highest BCUT2D eigenvalue weighted by Crippen LogP contribution is 2.67. The third-order valence-corrected chi connectivity index (χ3v) is 12.1. The van der Waals surface area contributed by atoms with Crippen LogP contribution in [0.4, 0.5) is 0 Å². The standard InChI is InChI=1S/C49H30N2/c1-5-19-37-31(15-1)32-16-2-6-20-38(32)48(37)40-22-8-10-24-42(40)49(43-25-11-9-23-41(43)48)39-21-7-3-17-33(39)35-29-36-34-18-4-12-26-45(34)51(46(36)30-44(35)49)47-27-13-14-28-50-47/h1-30H. The van der Waals surface area contributed by atoms with E-state index >= 15 is 0 Å². The Kier molecular flexibility index (Phi) is 5.14. The lowest BCUT2D eigenvalue weighted by Crippen LogP contribution is -2.43. The molecule has 7 aromatic carbocycles. The minimum atomic E-state index is -0.531. The molecule has 2 aromatic heterocycles. The Balaban J connectivity index is 1.28. The number of para-hydroxylation sites is 1. The summed E-state index contributed by atoms with van der Waals surface area (Å²) in [4.78, 5) is 4.88. The van der Waals surface area contributed by atoms with Gasteiger partial charge in [0, 0.05) is 17.0 Å². The summed E-state index contributed by atoms with van der Waals surface area (Å²) in [6.07, 6.45) is 1.89. The first-order chi connectivity index (χ1) is 25.3. The van der Waals surface area contributed by atoms with Crippen LogP contribution in [0.3, 0.4) is 0 Å². The van der Waals surface area contributed by atoms with E-state index in [4.69, 9.17) is 4.98 Å². The Labute approximate surface area is 295 Å². The largest absolute Gasteiger partial charge is 0.294 e. The highest BCUT2D eigenvalue weighted by atomic mass is 15.1. The van der Waals surface area contributed by atoms with Crippen LogP contribution in [-0.2, 0) is 10.8 Å². The molecule has 0 atom stereocenters. The van der Waals surface area contributed by atoms with Gasteiger partial charge < -0.3 is 0 Å². The van der Waals surface area contributed by atoms with Crippen molar-refractivity contribution < 1.29 is 0 Å². The average Bonchev–Trinajstić information content (AvgIpc) is 3.79. The van der Waals surface area contributed by atoms with Gasteiger partial charge in [-0.05, 0) is 97.1 Å². The van der Waals surface area contributed by atoms with E-state index in [2.05, 4.69) is 174 Å². The van der Waals surface area contributed by atoms with E-state index in [0.717, 1.165) is 5.82 Å². The minimum absolute atomic E-state index is 0.448. The summed E-state index contributed by atoms with van der Waals surface area (Å²) in [5, 5.41) is 2.48. The smallest absolute Gasteiger partial charge is 0.137 e. The predicted molar refractivity (Wildman–Crippen MR) is 207 cm³/mol. The first-order valence-corrected chi connectivity index (χ1v) is 17.8. The van der Waals surface area contributed by atoms with Gasteiger partial charge in [0.1, 0.15) is 5.82 Å². The summed E-state index contributed by atoms with van der Waals surface area (Å²) in [5.41, 5.74) is 17.4. The van der Waals surface area contributed by atoms with Crippen LogP contribution in [0, 0.1) is 0 Å². The summed E-state index contributed by atoms with van der Waals surface area (Å²) in [7, 11) is 0. The van der Waals surface area contributed by atoms with Crippen LogP contribution in [0.1, 0.15) is 44.5 Å². The molecule has 2 spiro atoms. The summed E-state index contributed by atoms with van der Waals surface area (Å²) in [5.74, 6) is 0.927. The lowest BCUT2D eigenvalue weighted by Gasteiger charge is -2.48. The average molecular weight is 647 g/mol. The second-order valence-corrected chi connectivity index (χ2v) is 14.2. The zero-order valence-electron chi connectivity index (χ0n) is 27.7. The number of hydrogen-bond acceptors (Lipinski definition) is 1. The van der Waals surface area contributed by atoms with Crippen LogP contribution in [0.15, 0.2) is 182 Å². The Morgan fingerprint density at radius 1 is 0.333 bits per heavy atom. The third kappa shape index (κ3) is 3.10. The molecule has 0 aliphatic heterocycles. The van der Waals surface area contributed by atoms with Crippen molar-refractivity contribution in [1.29, 1.82) is 0 Å². The number of nitrogens with zero attached hydrogens (tertiary/aromatic N) is 2. The summed E-state index contributed by atoms with van der Waals surface area (Å²) in [6.45, 7) is 0. The molecule has 0 unspecified atom stereocenters. The van der Waals surface area contributed by atoms with Crippen molar-refractivity contribution in [3.8, 4) is 28.1 Å². The molecule has 3 aliphatic rings. The van der Waals surface area contributed by atoms with Crippen molar-refractivity contribution >= 4 is 21.8 Å². The quantitative estimate of drug-likeness (QED) is 0.174. The minimum Gasteiger partial charge on any atom is -0.294 e. The van der Waals surface area contributed by atoms with Gasteiger partial charge in [-0.25, -0.2) is 4.98 Å². The summed E-state index contributed by atoms with van der Waals surface area (Å²) >= 11 is 0. The lowest BCUT2D eigenvalue weighted by atomic mass is 9.52. The Hall–Kier alpha value is -6.51. The third-order valence-electron chi connectivity index (χ3n) is 12.1. The Morgan fingerprint density at radius 2 is 0.784 bits per heavy atom. The van der Waals surface area contributed by atoms with Gasteiger partial charge in [0.15, 0.2) is 0 Å². The highest BCUT2D eigenvalue weighted by Gasteiger charge is 2.58. The van der Waals surface area contributed by atoms with Crippen molar-refractivity contribution in [2.45, 2.75) is 10.8 Å². The molecule has 0 bridgehead atoms. The van der Waals surface area contributed by atoms with E-state index in [1.165, 1.54) is 88.6 Å². The molecule has 51 heavy (non-hydrogen) atoms. The maximum atomic E-state index is 4.88. The van der Waals surface area contributed by atoms with E-state index in [1.54, 1.807) is 0 Å². The van der Waals surface area contributed by atoms with Crippen LogP contribution in [0.2, 0.25) is 0 Å². The molecule has 0 radical (unpaired) electrons. The number of rotatable bonds is 1. The molecule has 3 aliphatic carbocycles. The lowest BCUT2D eigenvalue weighted by molar-refractivity contribution is 0.633. The molecule has 236 valence electrons. The van der Waals surface area contributed by atoms with Gasteiger partial charge in [-0.1, -0.05) is 146 Å². The topological polar surface area (TPSA) is 17.8 Å². The van der Waals surface area contributed by atoms with E-state index in [-0.39, 0.29) is 0 Å². The number of pyridine rings is 1. The number of benzene rings is 7. The van der Waals surface area contributed by atoms with Gasteiger partial charge in [-0.2, -0.15) is 0 Å². The first-order valence-electron chi connectivity index (χ1n) is 17.8. The van der Waals surface area contributed by atoms with Gasteiger partial charge in [0.2, 0.25) is 0 Å². The molecule has 2 heterocycles. The maximum Gasteiger partial charge on any atom is 0.137 e. The van der Waals surface area contributed by atoms with Gasteiger partial charge >= 0.3 is 0 Å². The van der Waals surface area contributed by atoms with Gasteiger partial charge in [-0.15, -0.1) is 0 Å². The predicted octanol–water partition coefficient (Wildman–Crippen LogP) is 11.2. The molecular formula is C49H30N2. The number of aromatic nitrogens is 2. The highest BCUT2D eigenvalue weighted by molar-refractivity contribution is 6.12. The fourth-order valence-corrected chi connectivity index (χ4v) is 10.4.